The maximum atomic E-state index is 11.8. The number of anilines is 2. The van der Waals surface area contributed by atoms with E-state index < -0.39 is 6.09 Å². The quantitative estimate of drug-likeness (QED) is 0.784. The lowest BCUT2D eigenvalue weighted by Crippen LogP contribution is -2.29. The number of cyclic esters (lactones) is 1. The van der Waals surface area contributed by atoms with E-state index in [0.29, 0.717) is 12.8 Å². The van der Waals surface area contributed by atoms with Crippen LogP contribution in [-0.4, -0.2) is 47.5 Å². The molecule has 110 valence electrons. The summed E-state index contributed by atoms with van der Waals surface area (Å²) in [7, 11) is 0. The van der Waals surface area contributed by atoms with Crippen LogP contribution in [0.5, 0.6) is 5.88 Å². The van der Waals surface area contributed by atoms with Gasteiger partial charge < -0.3 is 19.6 Å². The largest absolute Gasteiger partial charge is 0.465 e. The topological polar surface area (TPSA) is 111 Å². The fourth-order valence-electron chi connectivity index (χ4n) is 2.10. The average Bonchev–Trinajstić information content (AvgIpc) is 2.85. The van der Waals surface area contributed by atoms with Crippen molar-refractivity contribution in [2.24, 2.45) is 0 Å². The van der Waals surface area contributed by atoms with E-state index in [9.17, 15) is 14.4 Å². The van der Waals surface area contributed by atoms with E-state index in [-0.39, 0.29) is 42.7 Å². The zero-order chi connectivity index (χ0) is 14.8. The minimum absolute atomic E-state index is 0.111. The van der Waals surface area contributed by atoms with Gasteiger partial charge in [0.1, 0.15) is 12.4 Å². The van der Waals surface area contributed by atoms with Crippen molar-refractivity contribution in [1.82, 2.24) is 9.97 Å². The van der Waals surface area contributed by atoms with Crippen LogP contribution in [0.15, 0.2) is 6.20 Å². The molecule has 1 unspecified atom stereocenters. The van der Waals surface area contributed by atoms with E-state index in [4.69, 9.17) is 9.47 Å². The monoisotopic (exact) mass is 292 g/mol. The predicted octanol–water partition coefficient (Wildman–Crippen LogP) is 0.112. The first-order valence-corrected chi connectivity index (χ1v) is 6.39. The van der Waals surface area contributed by atoms with Gasteiger partial charge in [-0.05, 0) is 6.42 Å². The third kappa shape index (κ3) is 2.62. The van der Waals surface area contributed by atoms with Crippen molar-refractivity contribution >= 4 is 29.9 Å². The Morgan fingerprint density at radius 1 is 1.48 bits per heavy atom. The van der Waals surface area contributed by atoms with E-state index in [1.807, 2.05) is 0 Å². The van der Waals surface area contributed by atoms with Crippen LogP contribution in [0.1, 0.15) is 12.8 Å². The molecule has 0 bridgehead atoms. The first kappa shape index (κ1) is 13.3. The predicted molar refractivity (Wildman–Crippen MR) is 69.1 cm³/mol. The third-order valence-corrected chi connectivity index (χ3v) is 3.08. The molecule has 1 N–H and O–H groups in total. The van der Waals surface area contributed by atoms with Gasteiger partial charge in [0, 0.05) is 6.42 Å². The van der Waals surface area contributed by atoms with Gasteiger partial charge in [-0.3, -0.25) is 9.69 Å². The first-order valence-electron chi connectivity index (χ1n) is 6.39. The molecule has 2 amide bonds. The van der Waals surface area contributed by atoms with Crippen molar-refractivity contribution < 1.29 is 23.9 Å². The van der Waals surface area contributed by atoms with Crippen LogP contribution < -0.4 is 15.0 Å². The Balaban J connectivity index is 1.78. The van der Waals surface area contributed by atoms with Crippen LogP contribution in [0.25, 0.3) is 0 Å². The molecule has 3 heterocycles. The van der Waals surface area contributed by atoms with Crippen molar-refractivity contribution in [3.05, 3.63) is 6.20 Å². The zero-order valence-corrected chi connectivity index (χ0v) is 10.9. The van der Waals surface area contributed by atoms with Crippen LogP contribution in [0.4, 0.5) is 16.4 Å². The number of amides is 2. The van der Waals surface area contributed by atoms with Crippen LogP contribution in [0.2, 0.25) is 0 Å². The standard InChI is InChI=1S/C12H12N4O5/c17-3-1-2-7-5-16(12(19)21-7)8-4-13-11-10(14-8)15-9(18)6-20-11/h3-4,7H,1-2,5-6H2,(H,14,15,18). The van der Waals surface area contributed by atoms with Crippen LogP contribution in [0, 0.1) is 0 Å². The highest BCUT2D eigenvalue weighted by Gasteiger charge is 2.34. The minimum atomic E-state index is -0.553. The lowest BCUT2D eigenvalue weighted by Gasteiger charge is -2.18. The fourth-order valence-corrected chi connectivity index (χ4v) is 2.10. The zero-order valence-electron chi connectivity index (χ0n) is 10.9. The van der Waals surface area contributed by atoms with Gasteiger partial charge in [-0.2, -0.15) is 0 Å². The molecule has 0 aromatic carbocycles. The van der Waals surface area contributed by atoms with Crippen LogP contribution in [0.3, 0.4) is 0 Å². The summed E-state index contributed by atoms with van der Waals surface area (Å²) >= 11 is 0. The maximum Gasteiger partial charge on any atom is 0.415 e. The van der Waals surface area contributed by atoms with Gasteiger partial charge in [0.25, 0.3) is 11.8 Å². The lowest BCUT2D eigenvalue weighted by atomic mass is 10.2. The summed E-state index contributed by atoms with van der Waals surface area (Å²) in [5.41, 5.74) is 0. The number of nitrogens with one attached hydrogen (secondary N) is 1. The molecule has 1 fully saturated rings. The number of hydrogen-bond donors (Lipinski definition) is 1. The number of carbonyl (C=O) groups excluding carboxylic acids is 3. The van der Waals surface area contributed by atoms with E-state index in [1.165, 1.54) is 11.1 Å². The minimum Gasteiger partial charge on any atom is -0.465 e. The van der Waals surface area contributed by atoms with E-state index in [2.05, 4.69) is 15.3 Å². The third-order valence-electron chi connectivity index (χ3n) is 3.08. The van der Waals surface area contributed by atoms with E-state index >= 15 is 0 Å². The number of nitrogens with zero attached hydrogens (tertiary/aromatic N) is 3. The Labute approximate surface area is 119 Å². The molecule has 0 saturated carbocycles. The van der Waals surface area contributed by atoms with E-state index in [1.54, 1.807) is 0 Å². The van der Waals surface area contributed by atoms with Gasteiger partial charge in [0.05, 0.1) is 12.7 Å². The number of aromatic nitrogens is 2. The van der Waals surface area contributed by atoms with Crippen molar-refractivity contribution in [3.8, 4) is 5.88 Å². The van der Waals surface area contributed by atoms with Crippen molar-refractivity contribution in [2.45, 2.75) is 18.9 Å². The second-order valence-electron chi connectivity index (χ2n) is 4.58. The average molecular weight is 292 g/mol. The van der Waals surface area contributed by atoms with Gasteiger partial charge in [-0.25, -0.2) is 14.8 Å². The molecular formula is C12H12N4O5. The van der Waals surface area contributed by atoms with Crippen molar-refractivity contribution in [2.75, 3.05) is 23.4 Å². The van der Waals surface area contributed by atoms with Gasteiger partial charge in [0.2, 0.25) is 0 Å². The lowest BCUT2D eigenvalue weighted by molar-refractivity contribution is -0.118. The summed E-state index contributed by atoms with van der Waals surface area (Å²) in [6.45, 7) is 0.176. The second kappa shape index (κ2) is 5.35. The summed E-state index contributed by atoms with van der Waals surface area (Å²) < 4.78 is 10.2. The molecule has 9 heteroatoms. The Morgan fingerprint density at radius 2 is 2.33 bits per heavy atom. The van der Waals surface area contributed by atoms with Crippen molar-refractivity contribution in [1.29, 1.82) is 0 Å². The number of fused-ring (bicyclic) bond motifs is 1. The van der Waals surface area contributed by atoms with Gasteiger partial charge in [-0.15, -0.1) is 0 Å². The summed E-state index contributed by atoms with van der Waals surface area (Å²) in [5.74, 6) is 0.316. The van der Waals surface area contributed by atoms with Gasteiger partial charge >= 0.3 is 6.09 Å². The van der Waals surface area contributed by atoms with Crippen LogP contribution in [-0.2, 0) is 14.3 Å². The maximum absolute atomic E-state index is 11.8. The Hall–Kier alpha value is -2.71. The molecule has 0 spiro atoms. The number of rotatable bonds is 4. The SMILES string of the molecule is O=CCCC1CN(c2cnc3c(n2)NC(=O)CO3)C(=O)O1. The molecule has 21 heavy (non-hydrogen) atoms. The number of aldehydes is 1. The second-order valence-corrected chi connectivity index (χ2v) is 4.58. The molecule has 0 aliphatic carbocycles. The molecule has 9 nitrogen and oxygen atoms in total. The van der Waals surface area contributed by atoms with Gasteiger partial charge in [-0.1, -0.05) is 0 Å². The Bertz CT molecular complexity index is 605. The highest BCUT2D eigenvalue weighted by molar-refractivity contribution is 5.94. The summed E-state index contributed by atoms with van der Waals surface area (Å²) in [5, 5.41) is 2.52. The highest BCUT2D eigenvalue weighted by atomic mass is 16.6. The highest BCUT2D eigenvalue weighted by Crippen LogP contribution is 2.27. The number of ether oxygens (including phenoxy) is 2. The summed E-state index contributed by atoms with van der Waals surface area (Å²) in [4.78, 5) is 42.9. The molecule has 1 aromatic heterocycles. The normalized spacial score (nSPS) is 20.4. The number of hydrogen-bond acceptors (Lipinski definition) is 7. The van der Waals surface area contributed by atoms with Gasteiger partial charge in [0.15, 0.2) is 18.2 Å². The molecule has 0 radical (unpaired) electrons. The Morgan fingerprint density at radius 3 is 3.14 bits per heavy atom. The summed E-state index contributed by atoms with van der Waals surface area (Å²) in [6.07, 6.45) is 2.03. The smallest absolute Gasteiger partial charge is 0.415 e. The molecule has 1 aromatic rings. The Kier molecular flexibility index (Phi) is 3.38. The molecule has 2 aliphatic heterocycles. The first-order chi connectivity index (χ1) is 10.2. The van der Waals surface area contributed by atoms with Crippen LogP contribution >= 0.6 is 0 Å². The molecule has 1 saturated heterocycles. The molecule has 3 rings (SSSR count). The number of carbonyl (C=O) groups is 3. The van der Waals surface area contributed by atoms with E-state index in [0.717, 1.165) is 6.29 Å². The fraction of sp³-hybridized carbons (Fsp3) is 0.417. The van der Waals surface area contributed by atoms with Crippen molar-refractivity contribution in [3.63, 3.8) is 0 Å². The molecule has 1 atom stereocenters. The molecule has 2 aliphatic rings. The molecular weight excluding hydrogens is 280 g/mol. The summed E-state index contributed by atoms with van der Waals surface area (Å²) in [6, 6.07) is 0.